The summed E-state index contributed by atoms with van der Waals surface area (Å²) in [6.45, 7) is 7.39. The molecular weight excluding hydrogens is 414 g/mol. The number of piperidine rings is 1. The first-order valence-electron chi connectivity index (χ1n) is 12.2. The molecule has 33 heavy (non-hydrogen) atoms. The lowest BCUT2D eigenvalue weighted by molar-refractivity contribution is -0.151. The molecular formula is C27H35N3O3. The third-order valence-electron chi connectivity index (χ3n) is 6.76. The van der Waals surface area contributed by atoms with Crippen molar-refractivity contribution in [1.82, 2.24) is 14.7 Å². The van der Waals surface area contributed by atoms with Crippen LogP contribution in [0.1, 0.15) is 36.9 Å². The molecule has 2 heterocycles. The Hall–Kier alpha value is -2.70. The van der Waals surface area contributed by atoms with Crippen molar-refractivity contribution >= 4 is 11.9 Å². The molecule has 0 N–H and O–H groups in total. The highest BCUT2D eigenvalue weighted by Crippen LogP contribution is 2.29. The van der Waals surface area contributed by atoms with Gasteiger partial charge >= 0.3 is 5.97 Å². The van der Waals surface area contributed by atoms with Crippen molar-refractivity contribution < 1.29 is 14.3 Å². The zero-order valence-electron chi connectivity index (χ0n) is 19.6. The Kier molecular flexibility index (Phi) is 8.13. The zero-order chi connectivity index (χ0) is 23.0. The first kappa shape index (κ1) is 23.5. The Bertz CT molecular complexity index is 858. The van der Waals surface area contributed by atoms with Gasteiger partial charge in [0.1, 0.15) is 0 Å². The van der Waals surface area contributed by atoms with Crippen LogP contribution in [0, 0.1) is 5.92 Å². The molecule has 1 unspecified atom stereocenters. The minimum absolute atomic E-state index is 0.125. The van der Waals surface area contributed by atoms with Crippen LogP contribution in [0.15, 0.2) is 60.7 Å². The van der Waals surface area contributed by atoms with Gasteiger partial charge in [-0.1, -0.05) is 60.7 Å². The number of carbonyl (C=O) groups is 2. The van der Waals surface area contributed by atoms with Crippen LogP contribution >= 0.6 is 0 Å². The molecule has 4 rings (SSSR count). The lowest BCUT2D eigenvalue weighted by atomic mass is 9.96. The summed E-state index contributed by atoms with van der Waals surface area (Å²) in [5.41, 5.74) is 2.60. The maximum Gasteiger partial charge on any atom is 0.310 e. The Morgan fingerprint density at radius 1 is 0.909 bits per heavy atom. The van der Waals surface area contributed by atoms with Gasteiger partial charge in [0.15, 0.2) is 0 Å². The first-order chi connectivity index (χ1) is 16.2. The number of likely N-dealkylation sites (tertiary alicyclic amines) is 1. The van der Waals surface area contributed by atoms with Crippen LogP contribution in [0.4, 0.5) is 0 Å². The Morgan fingerprint density at radius 3 is 2.09 bits per heavy atom. The molecule has 2 saturated heterocycles. The zero-order valence-corrected chi connectivity index (χ0v) is 19.6. The monoisotopic (exact) mass is 449 g/mol. The van der Waals surface area contributed by atoms with E-state index in [2.05, 4.69) is 70.5 Å². The van der Waals surface area contributed by atoms with E-state index >= 15 is 0 Å². The van der Waals surface area contributed by atoms with Gasteiger partial charge in [0.25, 0.3) is 0 Å². The number of nitrogens with zero attached hydrogens (tertiary/aromatic N) is 3. The Morgan fingerprint density at radius 2 is 1.52 bits per heavy atom. The Labute approximate surface area is 197 Å². The second kappa shape index (κ2) is 11.4. The van der Waals surface area contributed by atoms with Gasteiger partial charge in [-0.25, -0.2) is 0 Å². The first-order valence-corrected chi connectivity index (χ1v) is 12.2. The second-order valence-corrected chi connectivity index (χ2v) is 8.97. The summed E-state index contributed by atoms with van der Waals surface area (Å²) in [5, 5.41) is 0. The fraction of sp³-hybridized carbons (Fsp3) is 0.481. The van der Waals surface area contributed by atoms with E-state index in [1.54, 1.807) is 0 Å². The maximum atomic E-state index is 13.0. The molecule has 1 atom stereocenters. The standard InChI is InChI=1S/C27H35N3O3/c1-2-33-27(32)24-14-9-15-30(20-24)25(31)21-28-16-18-29(19-17-28)26(22-10-5-3-6-11-22)23-12-7-4-8-13-23/h3-8,10-13,24,26H,2,9,14-21H2,1H3. The summed E-state index contributed by atoms with van der Waals surface area (Å²) >= 11 is 0. The molecule has 0 bridgehead atoms. The van der Waals surface area contributed by atoms with Gasteiger partial charge in [-0.05, 0) is 30.9 Å². The number of hydrogen-bond acceptors (Lipinski definition) is 5. The van der Waals surface area contributed by atoms with Crippen molar-refractivity contribution in [3.05, 3.63) is 71.8 Å². The molecule has 176 valence electrons. The molecule has 2 aliphatic rings. The van der Waals surface area contributed by atoms with E-state index in [4.69, 9.17) is 4.74 Å². The van der Waals surface area contributed by atoms with E-state index < -0.39 is 0 Å². The molecule has 0 spiro atoms. The number of amides is 1. The van der Waals surface area contributed by atoms with Gasteiger partial charge in [0, 0.05) is 39.3 Å². The summed E-state index contributed by atoms with van der Waals surface area (Å²) in [6, 6.07) is 21.5. The van der Waals surface area contributed by atoms with Crippen LogP contribution in [0.25, 0.3) is 0 Å². The van der Waals surface area contributed by atoms with Crippen LogP contribution in [0.5, 0.6) is 0 Å². The average molecular weight is 450 g/mol. The third kappa shape index (κ3) is 6.01. The molecule has 0 radical (unpaired) electrons. The molecule has 6 heteroatoms. The molecule has 1 amide bonds. The normalized spacial score (nSPS) is 20.1. The topological polar surface area (TPSA) is 53.1 Å². The summed E-state index contributed by atoms with van der Waals surface area (Å²) in [7, 11) is 0. The molecule has 0 aliphatic carbocycles. The van der Waals surface area contributed by atoms with Crippen LogP contribution < -0.4 is 0 Å². The molecule has 0 aromatic heterocycles. The lowest BCUT2D eigenvalue weighted by Gasteiger charge is -2.40. The minimum atomic E-state index is -0.183. The van der Waals surface area contributed by atoms with Gasteiger partial charge in [-0.3, -0.25) is 19.4 Å². The summed E-state index contributed by atoms with van der Waals surface area (Å²) in [5.74, 6) is -0.228. The molecule has 2 aromatic carbocycles. The number of piperazine rings is 1. The number of rotatable bonds is 7. The highest BCUT2D eigenvalue weighted by atomic mass is 16.5. The highest BCUT2D eigenvalue weighted by Gasteiger charge is 2.31. The van der Waals surface area contributed by atoms with Crippen LogP contribution in [-0.4, -0.2) is 79.0 Å². The minimum Gasteiger partial charge on any atom is -0.466 e. The van der Waals surface area contributed by atoms with Crippen molar-refractivity contribution in [2.45, 2.75) is 25.8 Å². The number of esters is 1. The molecule has 2 aromatic rings. The summed E-state index contributed by atoms with van der Waals surface area (Å²) in [4.78, 5) is 31.7. The Balaban J connectivity index is 1.34. The van der Waals surface area contributed by atoms with Crippen molar-refractivity contribution in [2.24, 2.45) is 5.92 Å². The van der Waals surface area contributed by atoms with Crippen molar-refractivity contribution in [1.29, 1.82) is 0 Å². The second-order valence-electron chi connectivity index (χ2n) is 8.97. The predicted molar refractivity (Wildman–Crippen MR) is 129 cm³/mol. The molecule has 6 nitrogen and oxygen atoms in total. The van der Waals surface area contributed by atoms with Crippen molar-refractivity contribution in [3.8, 4) is 0 Å². The predicted octanol–water partition coefficient (Wildman–Crippen LogP) is 3.20. The van der Waals surface area contributed by atoms with Gasteiger partial charge in [0.05, 0.1) is 25.1 Å². The number of carbonyl (C=O) groups excluding carboxylic acids is 2. The maximum absolute atomic E-state index is 13.0. The number of benzene rings is 2. The highest BCUT2D eigenvalue weighted by molar-refractivity contribution is 5.80. The quantitative estimate of drug-likeness (QED) is 0.608. The largest absolute Gasteiger partial charge is 0.466 e. The van der Waals surface area contributed by atoms with Crippen molar-refractivity contribution in [2.75, 3.05) is 52.4 Å². The van der Waals surface area contributed by atoms with Gasteiger partial charge in [-0.2, -0.15) is 0 Å². The molecule has 0 saturated carbocycles. The fourth-order valence-corrected chi connectivity index (χ4v) is 5.01. The van der Waals surface area contributed by atoms with Gasteiger partial charge in [0.2, 0.25) is 5.91 Å². The smallest absolute Gasteiger partial charge is 0.310 e. The molecule has 2 fully saturated rings. The van der Waals surface area contributed by atoms with Crippen LogP contribution in [-0.2, 0) is 14.3 Å². The van der Waals surface area contributed by atoms with Crippen LogP contribution in [0.3, 0.4) is 0 Å². The van der Waals surface area contributed by atoms with E-state index in [0.717, 1.165) is 45.6 Å². The number of ether oxygens (including phenoxy) is 1. The van der Waals surface area contributed by atoms with E-state index in [9.17, 15) is 9.59 Å². The van der Waals surface area contributed by atoms with Crippen LogP contribution in [0.2, 0.25) is 0 Å². The lowest BCUT2D eigenvalue weighted by Crippen LogP contribution is -2.52. The van der Waals surface area contributed by atoms with E-state index in [-0.39, 0.29) is 23.8 Å². The SMILES string of the molecule is CCOC(=O)C1CCCN(C(=O)CN2CCN(C(c3ccccc3)c3ccccc3)CC2)C1. The van der Waals surface area contributed by atoms with E-state index in [1.807, 2.05) is 11.8 Å². The van der Waals surface area contributed by atoms with Gasteiger partial charge < -0.3 is 9.64 Å². The fourth-order valence-electron chi connectivity index (χ4n) is 5.01. The van der Waals surface area contributed by atoms with E-state index in [0.29, 0.717) is 19.7 Å². The number of hydrogen-bond donors (Lipinski definition) is 0. The molecule has 2 aliphatic heterocycles. The van der Waals surface area contributed by atoms with Gasteiger partial charge in [-0.15, -0.1) is 0 Å². The third-order valence-corrected chi connectivity index (χ3v) is 6.76. The average Bonchev–Trinajstić information content (AvgIpc) is 2.87. The van der Waals surface area contributed by atoms with E-state index in [1.165, 1.54) is 11.1 Å². The summed E-state index contributed by atoms with van der Waals surface area (Å²) < 4.78 is 5.17. The summed E-state index contributed by atoms with van der Waals surface area (Å²) in [6.07, 6.45) is 1.67. The van der Waals surface area contributed by atoms with Crippen molar-refractivity contribution in [3.63, 3.8) is 0 Å².